The van der Waals surface area contributed by atoms with Gasteiger partial charge in [0.15, 0.2) is 11.1 Å². The number of hydrogen-bond donors (Lipinski definition) is 1. The summed E-state index contributed by atoms with van der Waals surface area (Å²) in [6.07, 6.45) is 0. The average molecular weight is 184 g/mol. The van der Waals surface area contributed by atoms with Gasteiger partial charge in [0.1, 0.15) is 0 Å². The number of rotatable bonds is 1. The van der Waals surface area contributed by atoms with Gasteiger partial charge in [-0.25, -0.2) is 4.21 Å². The van der Waals surface area contributed by atoms with Crippen molar-refractivity contribution in [1.29, 1.82) is 0 Å². The lowest BCUT2D eigenvalue weighted by Gasteiger charge is -2.06. The van der Waals surface area contributed by atoms with Crippen LogP contribution in [0.2, 0.25) is 0 Å². The fourth-order valence-corrected chi connectivity index (χ4v) is 1.89. The van der Waals surface area contributed by atoms with E-state index < -0.39 is 11.1 Å². The molecule has 0 aliphatic carbocycles. The molecule has 1 atom stereocenters. The third-order valence-corrected chi connectivity index (χ3v) is 2.75. The smallest absolute Gasteiger partial charge is 0.186 e. The van der Waals surface area contributed by atoms with Crippen LogP contribution in [0.25, 0.3) is 0 Å². The second-order valence-corrected chi connectivity index (χ2v) is 3.89. The normalized spacial score (nSPS) is 13.0. The molecular weight excluding hydrogens is 172 g/mol. The van der Waals surface area contributed by atoms with Crippen LogP contribution in [0.1, 0.15) is 16.7 Å². The molecule has 0 saturated carbocycles. The highest BCUT2D eigenvalue weighted by Crippen LogP contribution is 2.18. The molecule has 0 aliphatic rings. The summed E-state index contributed by atoms with van der Waals surface area (Å²) in [6.45, 7) is 5.72. The molecule has 0 bridgehead atoms. The van der Waals surface area contributed by atoms with Gasteiger partial charge < -0.3 is 4.55 Å². The Bertz CT molecular complexity index is 332. The van der Waals surface area contributed by atoms with Crippen LogP contribution in [-0.2, 0) is 11.1 Å². The lowest BCUT2D eigenvalue weighted by molar-refractivity contribution is 0.563. The van der Waals surface area contributed by atoms with Crippen molar-refractivity contribution < 1.29 is 8.76 Å². The van der Waals surface area contributed by atoms with Gasteiger partial charge in [-0.15, -0.1) is 0 Å². The Hall–Kier alpha value is -0.670. The summed E-state index contributed by atoms with van der Waals surface area (Å²) < 4.78 is 19.8. The van der Waals surface area contributed by atoms with Gasteiger partial charge in [-0.1, -0.05) is 6.07 Å². The minimum atomic E-state index is -1.86. The molecule has 2 nitrogen and oxygen atoms in total. The maximum Gasteiger partial charge on any atom is 0.186 e. The summed E-state index contributed by atoms with van der Waals surface area (Å²) in [5, 5.41) is 0. The molecule has 0 saturated heterocycles. The molecule has 66 valence electrons. The van der Waals surface area contributed by atoms with Gasteiger partial charge in [-0.05, 0) is 43.5 Å². The molecule has 1 aromatic rings. The molecule has 1 aromatic carbocycles. The van der Waals surface area contributed by atoms with Gasteiger partial charge in [0.2, 0.25) is 0 Å². The summed E-state index contributed by atoms with van der Waals surface area (Å²) in [7, 11) is 0. The Kier molecular flexibility index (Phi) is 2.65. The zero-order valence-electron chi connectivity index (χ0n) is 7.42. The molecule has 1 N–H and O–H groups in total. The minimum Gasteiger partial charge on any atom is -0.302 e. The standard InChI is InChI=1S/C9H12O2S/c1-6-4-7(2)8(3)9(5-6)12(10)11/h4-5H,1-3H3,(H,10,11). The van der Waals surface area contributed by atoms with Crippen molar-refractivity contribution in [2.75, 3.05) is 0 Å². The molecular formula is C9H12O2S. The zero-order chi connectivity index (χ0) is 9.30. The van der Waals surface area contributed by atoms with Gasteiger partial charge in [0.25, 0.3) is 0 Å². The highest BCUT2D eigenvalue weighted by Gasteiger charge is 2.06. The minimum absolute atomic E-state index is 0.521. The van der Waals surface area contributed by atoms with Gasteiger partial charge >= 0.3 is 0 Å². The molecule has 0 heterocycles. The Morgan fingerprint density at radius 1 is 1.25 bits per heavy atom. The van der Waals surface area contributed by atoms with Crippen LogP contribution in [0.3, 0.4) is 0 Å². The van der Waals surface area contributed by atoms with Gasteiger partial charge in [0.05, 0.1) is 4.90 Å². The van der Waals surface area contributed by atoms with Crippen molar-refractivity contribution >= 4 is 11.1 Å². The topological polar surface area (TPSA) is 37.3 Å². The van der Waals surface area contributed by atoms with Crippen LogP contribution < -0.4 is 0 Å². The lowest BCUT2D eigenvalue weighted by atomic mass is 10.1. The van der Waals surface area contributed by atoms with Crippen molar-refractivity contribution in [2.24, 2.45) is 0 Å². The van der Waals surface area contributed by atoms with E-state index in [-0.39, 0.29) is 0 Å². The molecule has 0 spiro atoms. The molecule has 0 aromatic heterocycles. The lowest BCUT2D eigenvalue weighted by Crippen LogP contribution is -1.95. The first kappa shape index (κ1) is 9.42. The summed E-state index contributed by atoms with van der Waals surface area (Å²) in [4.78, 5) is 0.521. The van der Waals surface area contributed by atoms with E-state index in [1.165, 1.54) is 0 Å². The van der Waals surface area contributed by atoms with E-state index in [1.807, 2.05) is 26.8 Å². The average Bonchev–Trinajstić information content (AvgIpc) is 1.96. The van der Waals surface area contributed by atoms with Gasteiger partial charge in [0, 0.05) is 0 Å². The van der Waals surface area contributed by atoms with Crippen molar-refractivity contribution in [3.8, 4) is 0 Å². The highest BCUT2D eigenvalue weighted by atomic mass is 32.2. The first-order chi connectivity index (χ1) is 5.52. The molecule has 12 heavy (non-hydrogen) atoms. The van der Waals surface area contributed by atoms with Crippen LogP contribution in [-0.4, -0.2) is 8.76 Å². The molecule has 0 fully saturated rings. The molecule has 0 aliphatic heterocycles. The monoisotopic (exact) mass is 184 g/mol. The van der Waals surface area contributed by atoms with Crippen molar-refractivity contribution in [3.63, 3.8) is 0 Å². The Morgan fingerprint density at radius 2 is 1.83 bits per heavy atom. The maximum atomic E-state index is 10.8. The molecule has 3 heteroatoms. The summed E-state index contributed by atoms with van der Waals surface area (Å²) in [6, 6.07) is 3.75. The summed E-state index contributed by atoms with van der Waals surface area (Å²) >= 11 is -1.86. The Balaban J connectivity index is 3.37. The van der Waals surface area contributed by atoms with E-state index in [0.29, 0.717) is 4.90 Å². The van der Waals surface area contributed by atoms with E-state index in [0.717, 1.165) is 16.7 Å². The largest absolute Gasteiger partial charge is 0.302 e. The Labute approximate surface area is 74.9 Å². The van der Waals surface area contributed by atoms with Crippen molar-refractivity contribution in [1.82, 2.24) is 0 Å². The van der Waals surface area contributed by atoms with E-state index in [2.05, 4.69) is 0 Å². The van der Waals surface area contributed by atoms with Crippen LogP contribution >= 0.6 is 0 Å². The van der Waals surface area contributed by atoms with Crippen LogP contribution in [0.4, 0.5) is 0 Å². The summed E-state index contributed by atoms with van der Waals surface area (Å²) in [5.41, 5.74) is 2.99. The molecule has 0 amide bonds. The van der Waals surface area contributed by atoms with E-state index >= 15 is 0 Å². The number of hydrogen-bond acceptors (Lipinski definition) is 1. The van der Waals surface area contributed by atoms with E-state index in [1.54, 1.807) is 6.07 Å². The Morgan fingerprint density at radius 3 is 2.33 bits per heavy atom. The van der Waals surface area contributed by atoms with E-state index in [9.17, 15) is 4.21 Å². The van der Waals surface area contributed by atoms with Crippen LogP contribution in [0, 0.1) is 20.8 Å². The zero-order valence-corrected chi connectivity index (χ0v) is 8.23. The fraction of sp³-hybridized carbons (Fsp3) is 0.333. The van der Waals surface area contributed by atoms with Gasteiger partial charge in [-0.3, -0.25) is 0 Å². The SMILES string of the molecule is Cc1cc(C)c(C)c(S(=O)O)c1. The van der Waals surface area contributed by atoms with Crippen molar-refractivity contribution in [2.45, 2.75) is 25.7 Å². The van der Waals surface area contributed by atoms with Crippen molar-refractivity contribution in [3.05, 3.63) is 28.8 Å². The highest BCUT2D eigenvalue weighted by molar-refractivity contribution is 7.79. The third-order valence-electron chi connectivity index (χ3n) is 1.95. The number of benzene rings is 1. The first-order valence-electron chi connectivity index (χ1n) is 3.71. The number of aryl methyl sites for hydroxylation is 2. The third kappa shape index (κ3) is 1.73. The van der Waals surface area contributed by atoms with Crippen LogP contribution in [0.5, 0.6) is 0 Å². The first-order valence-corrected chi connectivity index (χ1v) is 4.81. The van der Waals surface area contributed by atoms with Crippen LogP contribution in [0.15, 0.2) is 17.0 Å². The maximum absolute atomic E-state index is 10.8. The van der Waals surface area contributed by atoms with Gasteiger partial charge in [-0.2, -0.15) is 0 Å². The second kappa shape index (κ2) is 3.37. The second-order valence-electron chi connectivity index (χ2n) is 2.95. The fourth-order valence-electron chi connectivity index (χ4n) is 1.18. The predicted octanol–water partition coefficient (Wildman–Crippen LogP) is 2.19. The van der Waals surface area contributed by atoms with E-state index in [4.69, 9.17) is 4.55 Å². The quantitative estimate of drug-likeness (QED) is 0.679. The summed E-state index contributed by atoms with van der Waals surface area (Å²) in [5.74, 6) is 0. The molecule has 0 radical (unpaired) electrons. The predicted molar refractivity (Wildman–Crippen MR) is 49.7 cm³/mol. The molecule has 1 rings (SSSR count). The molecule has 1 unspecified atom stereocenters.